The predicted molar refractivity (Wildman–Crippen MR) is 63.6 cm³/mol. The molecule has 1 N–H and O–H groups in total. The fourth-order valence-electron chi connectivity index (χ4n) is 1.60. The van der Waals surface area contributed by atoms with Crippen LogP contribution in [0.1, 0.15) is 18.5 Å². The molecule has 2 rings (SSSR count). The molecule has 0 unspecified atom stereocenters. The van der Waals surface area contributed by atoms with Crippen LogP contribution in [0.15, 0.2) is 59.9 Å². The monoisotopic (exact) mass is 197 g/mol. The first kappa shape index (κ1) is 9.97. The zero-order valence-electron chi connectivity index (χ0n) is 8.90. The highest BCUT2D eigenvalue weighted by atomic mass is 14.9. The number of hydrogen-bond donors (Lipinski definition) is 1. The maximum atomic E-state index is 3.47. The van der Waals surface area contributed by atoms with Crippen LogP contribution in [-0.4, -0.2) is 6.54 Å². The third-order valence-corrected chi connectivity index (χ3v) is 2.56. The highest BCUT2D eigenvalue weighted by Crippen LogP contribution is 2.11. The molecule has 0 aromatic heterocycles. The van der Waals surface area contributed by atoms with Crippen molar-refractivity contribution in [2.45, 2.75) is 13.0 Å². The summed E-state index contributed by atoms with van der Waals surface area (Å²) >= 11 is 0. The van der Waals surface area contributed by atoms with Crippen LogP contribution in [-0.2, 0) is 0 Å². The Labute approximate surface area is 90.8 Å². The van der Waals surface area contributed by atoms with Gasteiger partial charge in [0.1, 0.15) is 0 Å². The third-order valence-electron chi connectivity index (χ3n) is 2.56. The van der Waals surface area contributed by atoms with E-state index in [9.17, 15) is 0 Å². The van der Waals surface area contributed by atoms with Crippen LogP contribution in [0.5, 0.6) is 0 Å². The maximum absolute atomic E-state index is 3.47. The van der Waals surface area contributed by atoms with Crippen molar-refractivity contribution in [1.82, 2.24) is 5.32 Å². The van der Waals surface area contributed by atoms with E-state index in [0.717, 1.165) is 6.54 Å². The van der Waals surface area contributed by atoms with E-state index in [0.29, 0.717) is 6.04 Å². The Morgan fingerprint density at radius 1 is 1.27 bits per heavy atom. The Bertz CT molecular complexity index is 408. The summed E-state index contributed by atoms with van der Waals surface area (Å²) in [5, 5.41) is 3.47. The first-order valence-corrected chi connectivity index (χ1v) is 5.27. The van der Waals surface area contributed by atoms with Crippen molar-refractivity contribution in [1.29, 1.82) is 0 Å². The zero-order chi connectivity index (χ0) is 10.5. The first-order valence-electron chi connectivity index (χ1n) is 5.27. The van der Waals surface area contributed by atoms with E-state index in [1.165, 1.54) is 11.1 Å². The molecule has 0 fully saturated rings. The van der Waals surface area contributed by atoms with E-state index in [2.05, 4.69) is 48.3 Å². The Hall–Kier alpha value is -1.56. The van der Waals surface area contributed by atoms with E-state index >= 15 is 0 Å². The SMILES string of the molecule is C[C@@H](NCC1=C=CC=C1)c1ccccc1. The van der Waals surface area contributed by atoms with Crippen LogP contribution < -0.4 is 5.32 Å². The summed E-state index contributed by atoms with van der Waals surface area (Å²) in [4.78, 5) is 0. The van der Waals surface area contributed by atoms with E-state index in [1.807, 2.05) is 18.2 Å². The van der Waals surface area contributed by atoms with Gasteiger partial charge in [-0.1, -0.05) is 36.4 Å². The second-order valence-corrected chi connectivity index (χ2v) is 3.71. The summed E-state index contributed by atoms with van der Waals surface area (Å²) in [7, 11) is 0. The van der Waals surface area contributed by atoms with Gasteiger partial charge in [0.15, 0.2) is 0 Å². The molecule has 1 aromatic carbocycles. The van der Waals surface area contributed by atoms with Gasteiger partial charge in [-0.05, 0) is 24.6 Å². The topological polar surface area (TPSA) is 12.0 Å². The molecule has 1 aliphatic carbocycles. The second kappa shape index (κ2) is 4.79. The van der Waals surface area contributed by atoms with E-state index in [-0.39, 0.29) is 0 Å². The van der Waals surface area contributed by atoms with E-state index in [4.69, 9.17) is 0 Å². The molecule has 1 atom stereocenters. The highest BCUT2D eigenvalue weighted by molar-refractivity contribution is 5.30. The van der Waals surface area contributed by atoms with Gasteiger partial charge in [0.25, 0.3) is 0 Å². The van der Waals surface area contributed by atoms with Crippen LogP contribution in [0.4, 0.5) is 0 Å². The van der Waals surface area contributed by atoms with Gasteiger partial charge in [-0.15, -0.1) is 5.73 Å². The average Bonchev–Trinajstić information content (AvgIpc) is 2.80. The number of allylic oxidation sites excluding steroid dienone is 1. The molecule has 1 nitrogen and oxygen atoms in total. The standard InChI is InChI=1S/C14H15N/c1-12(14-9-3-2-4-10-14)15-11-13-7-5-6-8-13/h2-7,9-10,12,15H,11H2,1H3/t12-/m1/s1. The molecule has 0 spiro atoms. The molecule has 0 heterocycles. The van der Waals surface area contributed by atoms with Gasteiger partial charge in [0.2, 0.25) is 0 Å². The Balaban J connectivity index is 1.90. The third kappa shape index (κ3) is 2.69. The molecule has 0 amide bonds. The van der Waals surface area contributed by atoms with Crippen LogP contribution in [0, 0.1) is 0 Å². The summed E-state index contributed by atoms with van der Waals surface area (Å²) in [6, 6.07) is 10.9. The van der Waals surface area contributed by atoms with E-state index in [1.54, 1.807) is 0 Å². The van der Waals surface area contributed by atoms with E-state index < -0.39 is 0 Å². The number of rotatable bonds is 4. The largest absolute Gasteiger partial charge is 0.306 e. The summed E-state index contributed by atoms with van der Waals surface area (Å²) in [5.74, 6) is 0. The van der Waals surface area contributed by atoms with Gasteiger partial charge >= 0.3 is 0 Å². The van der Waals surface area contributed by atoms with Gasteiger partial charge in [-0.25, -0.2) is 0 Å². The van der Waals surface area contributed by atoms with Crippen LogP contribution in [0.2, 0.25) is 0 Å². The minimum Gasteiger partial charge on any atom is -0.306 e. The number of hydrogen-bond acceptors (Lipinski definition) is 1. The Morgan fingerprint density at radius 3 is 2.73 bits per heavy atom. The minimum absolute atomic E-state index is 0.384. The molecule has 1 aromatic rings. The average molecular weight is 197 g/mol. The summed E-state index contributed by atoms with van der Waals surface area (Å²) in [5.41, 5.74) is 5.72. The lowest BCUT2D eigenvalue weighted by Crippen LogP contribution is -2.20. The van der Waals surface area contributed by atoms with Gasteiger partial charge < -0.3 is 5.32 Å². The summed E-state index contributed by atoms with van der Waals surface area (Å²) in [6.45, 7) is 3.06. The molecule has 1 aliphatic rings. The van der Waals surface area contributed by atoms with Crippen molar-refractivity contribution in [3.05, 3.63) is 65.4 Å². The van der Waals surface area contributed by atoms with Crippen LogP contribution >= 0.6 is 0 Å². The molecule has 0 saturated heterocycles. The normalized spacial score (nSPS) is 15.4. The molecule has 0 bridgehead atoms. The molecule has 15 heavy (non-hydrogen) atoms. The van der Waals surface area contributed by atoms with Gasteiger partial charge in [-0.3, -0.25) is 0 Å². The fraction of sp³-hybridized carbons (Fsp3) is 0.214. The number of benzene rings is 1. The van der Waals surface area contributed by atoms with Gasteiger partial charge in [-0.2, -0.15) is 0 Å². The fourth-order valence-corrected chi connectivity index (χ4v) is 1.60. The van der Waals surface area contributed by atoms with Crippen LogP contribution in [0.3, 0.4) is 0 Å². The molecule has 76 valence electrons. The zero-order valence-corrected chi connectivity index (χ0v) is 8.90. The van der Waals surface area contributed by atoms with Crippen molar-refractivity contribution in [2.24, 2.45) is 0 Å². The lowest BCUT2D eigenvalue weighted by Gasteiger charge is -2.13. The molecule has 0 saturated carbocycles. The van der Waals surface area contributed by atoms with Gasteiger partial charge in [0, 0.05) is 18.2 Å². The maximum Gasteiger partial charge on any atom is 0.0295 e. The summed E-state index contributed by atoms with van der Waals surface area (Å²) in [6.07, 6.45) is 6.05. The smallest absolute Gasteiger partial charge is 0.0295 e. The van der Waals surface area contributed by atoms with Crippen LogP contribution in [0.25, 0.3) is 0 Å². The minimum atomic E-state index is 0.384. The lowest BCUT2D eigenvalue weighted by molar-refractivity contribution is 0.611. The molecule has 1 heteroatoms. The first-order chi connectivity index (χ1) is 7.36. The van der Waals surface area contributed by atoms with Crippen molar-refractivity contribution < 1.29 is 0 Å². The van der Waals surface area contributed by atoms with Crippen molar-refractivity contribution in [3.8, 4) is 0 Å². The lowest BCUT2D eigenvalue weighted by atomic mass is 10.1. The molecular formula is C14H15N. The van der Waals surface area contributed by atoms with Crippen molar-refractivity contribution >= 4 is 0 Å². The van der Waals surface area contributed by atoms with Crippen molar-refractivity contribution in [2.75, 3.05) is 6.54 Å². The second-order valence-electron chi connectivity index (χ2n) is 3.71. The predicted octanol–water partition coefficient (Wildman–Crippen LogP) is 2.99. The van der Waals surface area contributed by atoms with Crippen molar-refractivity contribution in [3.63, 3.8) is 0 Å². The van der Waals surface area contributed by atoms with Gasteiger partial charge in [0.05, 0.1) is 0 Å². The molecular weight excluding hydrogens is 182 g/mol. The summed E-state index contributed by atoms with van der Waals surface area (Å²) < 4.78 is 0. The Kier molecular flexibility index (Phi) is 3.18. The molecule has 0 radical (unpaired) electrons. The molecule has 0 aliphatic heterocycles. The Morgan fingerprint density at radius 2 is 2.07 bits per heavy atom. The quantitative estimate of drug-likeness (QED) is 0.732. The number of nitrogens with one attached hydrogen (secondary N) is 1. The highest BCUT2D eigenvalue weighted by Gasteiger charge is 2.04.